The normalized spacial score (nSPS) is 10.2. The molecule has 0 spiro atoms. The van der Waals surface area contributed by atoms with Crippen LogP contribution in [0.25, 0.3) is 0 Å². The highest BCUT2D eigenvalue weighted by molar-refractivity contribution is 9.10. The van der Waals surface area contributed by atoms with Crippen molar-refractivity contribution in [2.75, 3.05) is 11.9 Å². The molecule has 1 N–H and O–H groups in total. The van der Waals surface area contributed by atoms with Gasteiger partial charge in [0.2, 0.25) is 0 Å². The van der Waals surface area contributed by atoms with E-state index in [0.29, 0.717) is 23.6 Å². The molecule has 1 amide bonds. The SMILES string of the molecule is CCOc1ccccc1NC(=O)c1cccc(Br)c1C. The van der Waals surface area contributed by atoms with E-state index in [1.165, 1.54) is 0 Å². The fourth-order valence-corrected chi connectivity index (χ4v) is 2.26. The molecule has 0 bridgehead atoms. The Balaban J connectivity index is 2.26. The van der Waals surface area contributed by atoms with Crippen molar-refractivity contribution in [1.29, 1.82) is 0 Å². The molecular weight excluding hydrogens is 318 g/mol. The Morgan fingerprint density at radius 2 is 1.95 bits per heavy atom. The lowest BCUT2D eigenvalue weighted by Gasteiger charge is -2.12. The number of carbonyl (C=O) groups excluding carboxylic acids is 1. The molecule has 0 saturated carbocycles. The van der Waals surface area contributed by atoms with Crippen LogP contribution in [0.3, 0.4) is 0 Å². The van der Waals surface area contributed by atoms with Gasteiger partial charge in [-0.25, -0.2) is 0 Å². The molecule has 0 fully saturated rings. The van der Waals surface area contributed by atoms with E-state index in [2.05, 4.69) is 21.2 Å². The molecule has 0 atom stereocenters. The van der Waals surface area contributed by atoms with Crippen LogP contribution < -0.4 is 10.1 Å². The Morgan fingerprint density at radius 3 is 2.70 bits per heavy atom. The first-order valence-corrected chi connectivity index (χ1v) is 7.21. The Labute approximate surface area is 127 Å². The summed E-state index contributed by atoms with van der Waals surface area (Å²) in [6.45, 7) is 4.38. The summed E-state index contributed by atoms with van der Waals surface area (Å²) < 4.78 is 6.42. The van der Waals surface area contributed by atoms with Crippen LogP contribution in [0.5, 0.6) is 5.75 Å². The highest BCUT2D eigenvalue weighted by atomic mass is 79.9. The van der Waals surface area contributed by atoms with E-state index in [4.69, 9.17) is 4.74 Å². The summed E-state index contributed by atoms with van der Waals surface area (Å²) in [5.41, 5.74) is 2.24. The Morgan fingerprint density at radius 1 is 1.20 bits per heavy atom. The molecule has 0 aliphatic rings. The highest BCUT2D eigenvalue weighted by Crippen LogP contribution is 2.26. The number of hydrogen-bond acceptors (Lipinski definition) is 2. The minimum absolute atomic E-state index is 0.143. The van der Waals surface area contributed by atoms with Crippen molar-refractivity contribution >= 4 is 27.5 Å². The smallest absolute Gasteiger partial charge is 0.256 e. The number of halogens is 1. The van der Waals surface area contributed by atoms with Crippen molar-refractivity contribution < 1.29 is 9.53 Å². The van der Waals surface area contributed by atoms with Crippen molar-refractivity contribution in [3.05, 3.63) is 58.1 Å². The fourth-order valence-electron chi connectivity index (χ4n) is 1.89. The van der Waals surface area contributed by atoms with E-state index < -0.39 is 0 Å². The summed E-state index contributed by atoms with van der Waals surface area (Å²) >= 11 is 3.43. The van der Waals surface area contributed by atoms with Crippen LogP contribution in [-0.2, 0) is 0 Å². The average Bonchev–Trinajstić information content (AvgIpc) is 2.44. The van der Waals surface area contributed by atoms with Gasteiger partial charge in [-0.3, -0.25) is 4.79 Å². The highest BCUT2D eigenvalue weighted by Gasteiger charge is 2.12. The van der Waals surface area contributed by atoms with Crippen LogP contribution in [0.4, 0.5) is 5.69 Å². The number of para-hydroxylation sites is 2. The van der Waals surface area contributed by atoms with Gasteiger partial charge in [-0.05, 0) is 43.7 Å². The lowest BCUT2D eigenvalue weighted by Crippen LogP contribution is -2.14. The van der Waals surface area contributed by atoms with Crippen molar-refractivity contribution in [3.63, 3.8) is 0 Å². The zero-order valence-electron chi connectivity index (χ0n) is 11.4. The maximum Gasteiger partial charge on any atom is 0.256 e. The summed E-state index contributed by atoms with van der Waals surface area (Å²) in [5, 5.41) is 2.89. The summed E-state index contributed by atoms with van der Waals surface area (Å²) in [6.07, 6.45) is 0. The molecule has 2 aromatic rings. The third-order valence-corrected chi connectivity index (χ3v) is 3.81. The summed E-state index contributed by atoms with van der Waals surface area (Å²) in [6, 6.07) is 13.0. The van der Waals surface area contributed by atoms with Gasteiger partial charge in [0, 0.05) is 10.0 Å². The predicted molar refractivity (Wildman–Crippen MR) is 84.4 cm³/mol. The minimum atomic E-state index is -0.143. The minimum Gasteiger partial charge on any atom is -0.492 e. The molecule has 104 valence electrons. The van der Waals surface area contributed by atoms with E-state index in [-0.39, 0.29) is 5.91 Å². The average molecular weight is 334 g/mol. The van der Waals surface area contributed by atoms with Crippen molar-refractivity contribution in [2.24, 2.45) is 0 Å². The number of ether oxygens (including phenoxy) is 1. The van der Waals surface area contributed by atoms with Gasteiger partial charge in [-0.15, -0.1) is 0 Å². The van der Waals surface area contributed by atoms with Crippen LogP contribution in [0.15, 0.2) is 46.9 Å². The van der Waals surface area contributed by atoms with Crippen LogP contribution in [0, 0.1) is 6.92 Å². The zero-order chi connectivity index (χ0) is 14.5. The number of carbonyl (C=O) groups is 1. The van der Waals surface area contributed by atoms with Gasteiger partial charge >= 0.3 is 0 Å². The lowest BCUT2D eigenvalue weighted by atomic mass is 10.1. The molecule has 0 aliphatic heterocycles. The number of rotatable bonds is 4. The quantitative estimate of drug-likeness (QED) is 0.899. The number of nitrogens with one attached hydrogen (secondary N) is 1. The van der Waals surface area contributed by atoms with E-state index >= 15 is 0 Å². The first kappa shape index (κ1) is 14.6. The van der Waals surface area contributed by atoms with Crippen LogP contribution in [-0.4, -0.2) is 12.5 Å². The lowest BCUT2D eigenvalue weighted by molar-refractivity contribution is 0.102. The molecule has 20 heavy (non-hydrogen) atoms. The molecule has 2 aromatic carbocycles. The molecule has 0 heterocycles. The number of anilines is 1. The van der Waals surface area contributed by atoms with Gasteiger partial charge in [-0.2, -0.15) is 0 Å². The van der Waals surface area contributed by atoms with Crippen molar-refractivity contribution in [2.45, 2.75) is 13.8 Å². The molecule has 0 aliphatic carbocycles. The Bertz CT molecular complexity index is 626. The van der Waals surface area contributed by atoms with E-state index in [9.17, 15) is 4.79 Å². The van der Waals surface area contributed by atoms with Gasteiger partial charge in [-0.1, -0.05) is 34.1 Å². The van der Waals surface area contributed by atoms with Gasteiger partial charge < -0.3 is 10.1 Å². The van der Waals surface area contributed by atoms with Crippen LogP contribution >= 0.6 is 15.9 Å². The van der Waals surface area contributed by atoms with Gasteiger partial charge in [0.1, 0.15) is 5.75 Å². The van der Waals surface area contributed by atoms with E-state index in [0.717, 1.165) is 10.0 Å². The van der Waals surface area contributed by atoms with Crippen molar-refractivity contribution in [3.8, 4) is 5.75 Å². The summed E-state index contributed by atoms with van der Waals surface area (Å²) in [4.78, 5) is 12.4. The number of hydrogen-bond donors (Lipinski definition) is 1. The third-order valence-electron chi connectivity index (χ3n) is 2.95. The van der Waals surface area contributed by atoms with Gasteiger partial charge in [0.15, 0.2) is 0 Å². The van der Waals surface area contributed by atoms with Gasteiger partial charge in [0.25, 0.3) is 5.91 Å². The topological polar surface area (TPSA) is 38.3 Å². The molecule has 0 radical (unpaired) electrons. The van der Waals surface area contributed by atoms with Crippen LogP contribution in [0.2, 0.25) is 0 Å². The second-order valence-electron chi connectivity index (χ2n) is 4.30. The standard InChI is InChI=1S/C16H16BrNO2/c1-3-20-15-10-5-4-9-14(15)18-16(19)12-7-6-8-13(17)11(12)2/h4-10H,3H2,1-2H3,(H,18,19). The first-order valence-electron chi connectivity index (χ1n) is 6.41. The number of benzene rings is 2. The second-order valence-corrected chi connectivity index (χ2v) is 5.15. The fraction of sp³-hybridized carbons (Fsp3) is 0.188. The van der Waals surface area contributed by atoms with E-state index in [1.807, 2.05) is 50.2 Å². The largest absolute Gasteiger partial charge is 0.492 e. The maximum atomic E-state index is 12.4. The Kier molecular flexibility index (Phi) is 4.79. The molecule has 4 heteroatoms. The summed E-state index contributed by atoms with van der Waals surface area (Å²) in [7, 11) is 0. The van der Waals surface area contributed by atoms with Crippen molar-refractivity contribution in [1.82, 2.24) is 0 Å². The third kappa shape index (κ3) is 3.20. The first-order chi connectivity index (χ1) is 9.63. The van der Waals surface area contributed by atoms with Gasteiger partial charge in [0.05, 0.1) is 12.3 Å². The maximum absolute atomic E-state index is 12.4. The molecular formula is C16H16BrNO2. The predicted octanol–water partition coefficient (Wildman–Crippen LogP) is 4.41. The molecule has 2 rings (SSSR count). The monoisotopic (exact) mass is 333 g/mol. The number of amides is 1. The molecule has 0 aromatic heterocycles. The van der Waals surface area contributed by atoms with Crippen LogP contribution in [0.1, 0.15) is 22.8 Å². The summed E-state index contributed by atoms with van der Waals surface area (Å²) in [5.74, 6) is 0.534. The Hall–Kier alpha value is -1.81. The zero-order valence-corrected chi connectivity index (χ0v) is 13.0. The van der Waals surface area contributed by atoms with E-state index in [1.54, 1.807) is 6.07 Å². The molecule has 0 saturated heterocycles. The molecule has 0 unspecified atom stereocenters. The second kappa shape index (κ2) is 6.57. The molecule has 3 nitrogen and oxygen atoms in total.